The third-order valence-electron chi connectivity index (χ3n) is 2.68. The largest absolute Gasteiger partial charge is 0.482 e. The molecule has 2 rings (SSSR count). The lowest BCUT2D eigenvalue weighted by atomic mass is 10.2. The minimum Gasteiger partial charge on any atom is -0.482 e. The topological polar surface area (TPSA) is 64.3 Å². The van der Waals surface area contributed by atoms with Gasteiger partial charge in [0, 0.05) is 0 Å². The van der Waals surface area contributed by atoms with Gasteiger partial charge in [0.05, 0.1) is 16.4 Å². The number of carbonyl (C=O) groups excluding carboxylic acids is 1. The van der Waals surface area contributed by atoms with Gasteiger partial charge in [-0.25, -0.2) is 0 Å². The molecule has 0 aliphatic rings. The number of anilines is 2. The summed E-state index contributed by atoms with van der Waals surface area (Å²) < 4.78 is 5.41. The molecule has 2 aromatic rings. The number of ether oxygens (including phenoxy) is 1. The molecule has 0 bridgehead atoms. The molecular weight excluding hydrogens is 276 g/mol. The second-order valence-corrected chi connectivity index (χ2v) is 4.77. The van der Waals surface area contributed by atoms with Crippen LogP contribution in [0, 0.1) is 6.92 Å². The lowest BCUT2D eigenvalue weighted by Crippen LogP contribution is -2.20. The molecule has 20 heavy (non-hydrogen) atoms. The third kappa shape index (κ3) is 3.65. The lowest BCUT2D eigenvalue weighted by molar-refractivity contribution is -0.118. The van der Waals surface area contributed by atoms with Crippen LogP contribution in [0.3, 0.4) is 0 Å². The zero-order chi connectivity index (χ0) is 14.5. The highest BCUT2D eigenvalue weighted by Gasteiger charge is 2.08. The Kier molecular flexibility index (Phi) is 4.48. The van der Waals surface area contributed by atoms with E-state index in [-0.39, 0.29) is 12.5 Å². The van der Waals surface area contributed by atoms with E-state index >= 15 is 0 Å². The Labute approximate surface area is 122 Å². The molecule has 2 aromatic carbocycles. The number of nitrogen functional groups attached to an aromatic ring is 1. The van der Waals surface area contributed by atoms with Gasteiger partial charge in [-0.3, -0.25) is 4.79 Å². The molecule has 3 N–H and O–H groups in total. The predicted molar refractivity (Wildman–Crippen MR) is 81.2 cm³/mol. The van der Waals surface area contributed by atoms with Crippen LogP contribution < -0.4 is 15.8 Å². The zero-order valence-electron chi connectivity index (χ0n) is 11.0. The van der Waals surface area contributed by atoms with Crippen LogP contribution >= 0.6 is 11.6 Å². The molecule has 0 aliphatic carbocycles. The summed E-state index contributed by atoms with van der Waals surface area (Å²) in [5.74, 6) is 0.198. The molecule has 0 atom stereocenters. The van der Waals surface area contributed by atoms with Crippen LogP contribution in [0.15, 0.2) is 42.5 Å². The Morgan fingerprint density at radius 1 is 1.30 bits per heavy atom. The quantitative estimate of drug-likeness (QED) is 0.850. The van der Waals surface area contributed by atoms with E-state index in [0.29, 0.717) is 22.1 Å². The lowest BCUT2D eigenvalue weighted by Gasteiger charge is -2.10. The van der Waals surface area contributed by atoms with Crippen molar-refractivity contribution in [2.75, 3.05) is 17.7 Å². The average Bonchev–Trinajstić information content (AvgIpc) is 2.42. The Morgan fingerprint density at radius 2 is 2.05 bits per heavy atom. The number of halogens is 1. The summed E-state index contributed by atoms with van der Waals surface area (Å²) in [6.45, 7) is 1.80. The summed E-state index contributed by atoms with van der Waals surface area (Å²) in [4.78, 5) is 11.8. The molecule has 5 heteroatoms. The van der Waals surface area contributed by atoms with Crippen molar-refractivity contribution in [1.82, 2.24) is 0 Å². The first-order valence-electron chi connectivity index (χ1n) is 6.09. The second-order valence-electron chi connectivity index (χ2n) is 4.36. The van der Waals surface area contributed by atoms with Crippen molar-refractivity contribution >= 4 is 28.9 Å². The Hall–Kier alpha value is -2.20. The highest BCUT2D eigenvalue weighted by atomic mass is 35.5. The maximum atomic E-state index is 11.8. The van der Waals surface area contributed by atoms with Gasteiger partial charge in [-0.2, -0.15) is 0 Å². The number of aryl methyl sites for hydroxylation is 1. The van der Waals surface area contributed by atoms with E-state index in [4.69, 9.17) is 22.1 Å². The van der Waals surface area contributed by atoms with Gasteiger partial charge >= 0.3 is 0 Å². The number of para-hydroxylation sites is 2. The standard InChI is InChI=1S/C15H15ClN2O2/c1-10-6-7-11(16)14(8-10)20-9-15(19)18-13-5-3-2-4-12(13)17/h2-8H,9,17H2,1H3,(H,18,19). The highest BCUT2D eigenvalue weighted by molar-refractivity contribution is 6.32. The summed E-state index contributed by atoms with van der Waals surface area (Å²) >= 11 is 5.99. The van der Waals surface area contributed by atoms with Gasteiger partial charge in [0.15, 0.2) is 6.61 Å². The molecule has 0 saturated heterocycles. The molecule has 0 fully saturated rings. The summed E-state index contributed by atoms with van der Waals surface area (Å²) in [6.07, 6.45) is 0. The molecule has 0 saturated carbocycles. The smallest absolute Gasteiger partial charge is 0.262 e. The van der Waals surface area contributed by atoms with E-state index in [1.807, 2.05) is 13.0 Å². The Bertz CT molecular complexity index is 629. The highest BCUT2D eigenvalue weighted by Crippen LogP contribution is 2.25. The van der Waals surface area contributed by atoms with Crippen molar-refractivity contribution in [3.8, 4) is 5.75 Å². The Morgan fingerprint density at radius 3 is 2.80 bits per heavy atom. The van der Waals surface area contributed by atoms with Crippen molar-refractivity contribution in [2.24, 2.45) is 0 Å². The maximum absolute atomic E-state index is 11.8. The summed E-state index contributed by atoms with van der Waals surface area (Å²) in [6, 6.07) is 12.4. The molecule has 0 unspecified atom stereocenters. The SMILES string of the molecule is Cc1ccc(Cl)c(OCC(=O)Nc2ccccc2N)c1. The predicted octanol–water partition coefficient (Wildman–Crippen LogP) is 3.25. The molecule has 0 aliphatic heterocycles. The van der Waals surface area contributed by atoms with E-state index in [9.17, 15) is 4.79 Å². The molecule has 0 radical (unpaired) electrons. The van der Waals surface area contributed by atoms with Gasteiger partial charge < -0.3 is 15.8 Å². The van der Waals surface area contributed by atoms with Crippen LogP contribution in [0.2, 0.25) is 5.02 Å². The van der Waals surface area contributed by atoms with Crippen LogP contribution in [0.1, 0.15) is 5.56 Å². The van der Waals surface area contributed by atoms with Gasteiger partial charge in [-0.1, -0.05) is 29.8 Å². The fraction of sp³-hybridized carbons (Fsp3) is 0.133. The van der Waals surface area contributed by atoms with Gasteiger partial charge in [0.2, 0.25) is 0 Å². The number of amides is 1. The number of rotatable bonds is 4. The van der Waals surface area contributed by atoms with Gasteiger partial charge in [-0.15, -0.1) is 0 Å². The van der Waals surface area contributed by atoms with Gasteiger partial charge in [0.25, 0.3) is 5.91 Å². The fourth-order valence-corrected chi connectivity index (χ4v) is 1.83. The van der Waals surface area contributed by atoms with Crippen molar-refractivity contribution in [1.29, 1.82) is 0 Å². The van der Waals surface area contributed by atoms with E-state index < -0.39 is 0 Å². The van der Waals surface area contributed by atoms with Crippen LogP contribution in [0.5, 0.6) is 5.75 Å². The number of nitrogens with two attached hydrogens (primary N) is 1. The normalized spacial score (nSPS) is 10.1. The van der Waals surface area contributed by atoms with Crippen LogP contribution in [-0.4, -0.2) is 12.5 Å². The number of nitrogens with one attached hydrogen (secondary N) is 1. The molecule has 0 heterocycles. The van der Waals surface area contributed by atoms with Gasteiger partial charge in [0.1, 0.15) is 5.75 Å². The molecule has 0 aromatic heterocycles. The van der Waals surface area contributed by atoms with E-state index in [1.165, 1.54) is 0 Å². The van der Waals surface area contributed by atoms with Crippen molar-refractivity contribution < 1.29 is 9.53 Å². The van der Waals surface area contributed by atoms with E-state index in [1.54, 1.807) is 36.4 Å². The minimum atomic E-state index is -0.291. The summed E-state index contributed by atoms with van der Waals surface area (Å²) in [5, 5.41) is 3.16. The van der Waals surface area contributed by atoms with Crippen LogP contribution in [0.25, 0.3) is 0 Å². The molecule has 4 nitrogen and oxygen atoms in total. The monoisotopic (exact) mass is 290 g/mol. The fourth-order valence-electron chi connectivity index (χ4n) is 1.66. The van der Waals surface area contributed by atoms with Crippen LogP contribution in [0.4, 0.5) is 11.4 Å². The first kappa shape index (κ1) is 14.2. The first-order chi connectivity index (χ1) is 9.56. The van der Waals surface area contributed by atoms with E-state index in [2.05, 4.69) is 5.32 Å². The van der Waals surface area contributed by atoms with Gasteiger partial charge in [-0.05, 0) is 36.8 Å². The molecule has 104 valence electrons. The second kappa shape index (κ2) is 6.30. The zero-order valence-corrected chi connectivity index (χ0v) is 11.8. The number of hydrogen-bond acceptors (Lipinski definition) is 3. The van der Waals surface area contributed by atoms with Crippen LogP contribution in [-0.2, 0) is 4.79 Å². The number of benzene rings is 2. The van der Waals surface area contributed by atoms with Crippen molar-refractivity contribution in [2.45, 2.75) is 6.92 Å². The number of carbonyl (C=O) groups is 1. The first-order valence-corrected chi connectivity index (χ1v) is 6.47. The summed E-state index contributed by atoms with van der Waals surface area (Å²) in [5.41, 5.74) is 7.83. The third-order valence-corrected chi connectivity index (χ3v) is 2.99. The van der Waals surface area contributed by atoms with E-state index in [0.717, 1.165) is 5.56 Å². The molecule has 1 amide bonds. The number of hydrogen-bond donors (Lipinski definition) is 2. The molecular formula is C15H15ClN2O2. The maximum Gasteiger partial charge on any atom is 0.262 e. The van der Waals surface area contributed by atoms with Crippen molar-refractivity contribution in [3.05, 3.63) is 53.1 Å². The Balaban J connectivity index is 1.96. The minimum absolute atomic E-state index is 0.127. The average molecular weight is 291 g/mol. The summed E-state index contributed by atoms with van der Waals surface area (Å²) in [7, 11) is 0. The van der Waals surface area contributed by atoms with Crippen molar-refractivity contribution in [3.63, 3.8) is 0 Å². The molecule has 0 spiro atoms.